The monoisotopic (exact) mass is 316 g/mol. The molecule has 1 fully saturated rings. The van der Waals surface area contributed by atoms with E-state index in [1.807, 2.05) is 19.1 Å². The minimum absolute atomic E-state index is 0.211. The van der Waals surface area contributed by atoms with Gasteiger partial charge in [-0.1, -0.05) is 0 Å². The van der Waals surface area contributed by atoms with Gasteiger partial charge in [0.2, 0.25) is 0 Å². The van der Waals surface area contributed by atoms with Gasteiger partial charge in [0.25, 0.3) is 0 Å². The van der Waals surface area contributed by atoms with E-state index >= 15 is 0 Å². The molecule has 3 N–H and O–H groups in total. The van der Waals surface area contributed by atoms with Crippen molar-refractivity contribution in [2.75, 3.05) is 53.6 Å². The summed E-state index contributed by atoms with van der Waals surface area (Å²) in [6, 6.07) is 6.61. The maximum absolute atomic E-state index is 13.0. The zero-order valence-corrected chi connectivity index (χ0v) is 13.2. The predicted molar refractivity (Wildman–Crippen MR) is 91.4 cm³/mol. The highest BCUT2D eigenvalue weighted by Gasteiger charge is 2.21. The van der Waals surface area contributed by atoms with Crippen LogP contribution >= 0.6 is 0 Å². The predicted octanol–water partition coefficient (Wildman–Crippen LogP) is 1.96. The number of piperazine rings is 1. The van der Waals surface area contributed by atoms with E-state index < -0.39 is 0 Å². The quantitative estimate of drug-likeness (QED) is 0.898. The molecule has 0 aliphatic carbocycles. The number of hydrogen-bond donors (Lipinski definition) is 2. The third-order valence-corrected chi connectivity index (χ3v) is 3.98. The minimum atomic E-state index is -0.211. The fourth-order valence-corrected chi connectivity index (χ4v) is 2.77. The topological polar surface area (TPSA) is 70.3 Å². The average molecular weight is 316 g/mol. The lowest BCUT2D eigenvalue weighted by Crippen LogP contribution is -2.47. The van der Waals surface area contributed by atoms with E-state index in [-0.39, 0.29) is 5.82 Å². The summed E-state index contributed by atoms with van der Waals surface area (Å²) < 4.78 is 13.0. The number of nitrogens with zero attached hydrogens (tertiary/aromatic N) is 4. The summed E-state index contributed by atoms with van der Waals surface area (Å²) in [5.74, 6) is 1.24. The molecule has 1 aromatic heterocycles. The molecule has 0 saturated carbocycles. The summed E-state index contributed by atoms with van der Waals surface area (Å²) in [4.78, 5) is 12.9. The summed E-state index contributed by atoms with van der Waals surface area (Å²) in [5, 5.41) is 3.15. The third-order valence-electron chi connectivity index (χ3n) is 3.98. The van der Waals surface area contributed by atoms with Gasteiger partial charge in [-0.05, 0) is 31.2 Å². The van der Waals surface area contributed by atoms with Crippen molar-refractivity contribution >= 4 is 23.0 Å². The van der Waals surface area contributed by atoms with Crippen LogP contribution in [0.5, 0.6) is 0 Å². The van der Waals surface area contributed by atoms with Gasteiger partial charge in [0.15, 0.2) is 11.6 Å². The highest BCUT2D eigenvalue weighted by Crippen LogP contribution is 2.27. The molecule has 0 unspecified atom stereocenters. The number of nitrogens with two attached hydrogens (primary N) is 1. The molecule has 0 spiro atoms. The Morgan fingerprint density at radius 2 is 1.74 bits per heavy atom. The number of anilines is 4. The van der Waals surface area contributed by atoms with Gasteiger partial charge >= 0.3 is 0 Å². The van der Waals surface area contributed by atoms with Crippen LogP contribution in [0.25, 0.3) is 0 Å². The molecule has 122 valence electrons. The second kappa shape index (κ2) is 6.68. The van der Waals surface area contributed by atoms with E-state index in [0.717, 1.165) is 44.2 Å². The number of benzene rings is 1. The van der Waals surface area contributed by atoms with Crippen LogP contribution in [0.1, 0.15) is 6.92 Å². The summed E-state index contributed by atoms with van der Waals surface area (Å²) in [6.45, 7) is 6.06. The van der Waals surface area contributed by atoms with Gasteiger partial charge in [-0.15, -0.1) is 0 Å². The van der Waals surface area contributed by atoms with Gasteiger partial charge in [0.1, 0.15) is 17.8 Å². The first-order chi connectivity index (χ1) is 11.2. The summed E-state index contributed by atoms with van der Waals surface area (Å²) in [6.07, 6.45) is 1.54. The fourth-order valence-electron chi connectivity index (χ4n) is 2.77. The molecule has 6 nitrogen and oxygen atoms in total. The molecule has 1 saturated heterocycles. The van der Waals surface area contributed by atoms with Crippen LogP contribution in [0.4, 0.5) is 27.4 Å². The van der Waals surface area contributed by atoms with E-state index in [2.05, 4.69) is 25.1 Å². The molecule has 2 aromatic rings. The zero-order valence-electron chi connectivity index (χ0n) is 13.2. The van der Waals surface area contributed by atoms with Gasteiger partial charge < -0.3 is 20.9 Å². The normalized spacial score (nSPS) is 14.9. The van der Waals surface area contributed by atoms with Gasteiger partial charge in [0.05, 0.1) is 0 Å². The highest BCUT2D eigenvalue weighted by molar-refractivity contribution is 5.75. The number of hydrogen-bond acceptors (Lipinski definition) is 6. The minimum Gasteiger partial charge on any atom is -0.393 e. The summed E-state index contributed by atoms with van der Waals surface area (Å²) in [5.41, 5.74) is 7.80. The zero-order chi connectivity index (χ0) is 16.2. The van der Waals surface area contributed by atoms with Crippen LogP contribution in [0.3, 0.4) is 0 Å². The molecular formula is C16H21FN6. The second-order valence-electron chi connectivity index (χ2n) is 5.44. The van der Waals surface area contributed by atoms with Gasteiger partial charge in [-0.2, -0.15) is 0 Å². The Balaban J connectivity index is 1.69. The van der Waals surface area contributed by atoms with E-state index in [9.17, 15) is 4.39 Å². The number of aromatic nitrogens is 2. The van der Waals surface area contributed by atoms with E-state index in [4.69, 9.17) is 5.73 Å². The largest absolute Gasteiger partial charge is 0.393 e. The summed E-state index contributed by atoms with van der Waals surface area (Å²) >= 11 is 0. The molecule has 1 aliphatic heterocycles. The van der Waals surface area contributed by atoms with Crippen molar-refractivity contribution in [1.82, 2.24) is 9.97 Å². The van der Waals surface area contributed by atoms with Crippen molar-refractivity contribution in [2.45, 2.75) is 6.92 Å². The lowest BCUT2D eigenvalue weighted by Gasteiger charge is -2.37. The molecule has 3 rings (SSSR count). The second-order valence-corrected chi connectivity index (χ2v) is 5.44. The van der Waals surface area contributed by atoms with E-state index in [0.29, 0.717) is 11.5 Å². The Morgan fingerprint density at radius 3 is 2.39 bits per heavy atom. The van der Waals surface area contributed by atoms with Crippen LogP contribution in [-0.4, -0.2) is 42.7 Å². The maximum atomic E-state index is 13.0. The standard InChI is InChI=1S/C16H21FN6/c1-2-19-15-14(18)16(21-11-20-15)23-9-7-22(8-10-23)13-5-3-12(17)4-6-13/h3-6,11H,2,7-10,18H2,1H3,(H,19,20,21). The average Bonchev–Trinajstić information content (AvgIpc) is 2.58. The van der Waals surface area contributed by atoms with E-state index in [1.54, 1.807) is 0 Å². The highest BCUT2D eigenvalue weighted by atomic mass is 19.1. The van der Waals surface area contributed by atoms with Gasteiger partial charge in [-0.25, -0.2) is 14.4 Å². The number of rotatable bonds is 4. The van der Waals surface area contributed by atoms with Crippen molar-refractivity contribution in [1.29, 1.82) is 0 Å². The molecule has 0 atom stereocenters. The molecule has 1 aromatic carbocycles. The van der Waals surface area contributed by atoms with E-state index in [1.165, 1.54) is 18.5 Å². The lowest BCUT2D eigenvalue weighted by molar-refractivity contribution is 0.624. The molecule has 1 aliphatic rings. The molecule has 23 heavy (non-hydrogen) atoms. The Labute approximate surface area is 135 Å². The van der Waals surface area contributed by atoms with Crippen molar-refractivity contribution in [3.63, 3.8) is 0 Å². The van der Waals surface area contributed by atoms with Crippen molar-refractivity contribution in [2.24, 2.45) is 0 Å². The lowest BCUT2D eigenvalue weighted by atomic mass is 10.2. The molecule has 2 heterocycles. The Kier molecular flexibility index (Phi) is 4.45. The maximum Gasteiger partial charge on any atom is 0.157 e. The number of nitrogens with one attached hydrogen (secondary N) is 1. The Hall–Kier alpha value is -2.57. The molecule has 0 bridgehead atoms. The Bertz CT molecular complexity index is 652. The van der Waals surface area contributed by atoms with Crippen LogP contribution < -0.4 is 20.9 Å². The number of nitrogen functional groups attached to an aromatic ring is 1. The fraction of sp³-hybridized carbons (Fsp3) is 0.375. The number of halogens is 1. The molecule has 7 heteroatoms. The smallest absolute Gasteiger partial charge is 0.157 e. The van der Waals surface area contributed by atoms with Crippen molar-refractivity contribution in [3.8, 4) is 0 Å². The van der Waals surface area contributed by atoms with Crippen LogP contribution in [0.15, 0.2) is 30.6 Å². The molecule has 0 radical (unpaired) electrons. The summed E-state index contributed by atoms with van der Waals surface area (Å²) in [7, 11) is 0. The third kappa shape index (κ3) is 3.28. The molecule has 0 amide bonds. The molecular weight excluding hydrogens is 295 g/mol. The first kappa shape index (κ1) is 15.3. The van der Waals surface area contributed by atoms with Gasteiger partial charge in [-0.3, -0.25) is 0 Å². The first-order valence-corrected chi connectivity index (χ1v) is 7.79. The van der Waals surface area contributed by atoms with Crippen molar-refractivity contribution < 1.29 is 4.39 Å². The van der Waals surface area contributed by atoms with Crippen molar-refractivity contribution in [3.05, 3.63) is 36.4 Å². The van der Waals surface area contributed by atoms with Gasteiger partial charge in [0, 0.05) is 38.4 Å². The first-order valence-electron chi connectivity index (χ1n) is 7.79. The SMILES string of the molecule is CCNc1ncnc(N2CCN(c3ccc(F)cc3)CC2)c1N. The Morgan fingerprint density at radius 1 is 1.09 bits per heavy atom. The van der Waals surface area contributed by atoms with Crippen LogP contribution in [0, 0.1) is 5.82 Å². The van der Waals surface area contributed by atoms with Crippen LogP contribution in [-0.2, 0) is 0 Å². The van der Waals surface area contributed by atoms with Crippen LogP contribution in [0.2, 0.25) is 0 Å².